The van der Waals surface area contributed by atoms with Crippen molar-refractivity contribution in [2.75, 3.05) is 28.4 Å². The third-order valence-corrected chi connectivity index (χ3v) is 18.2. The highest BCUT2D eigenvalue weighted by atomic mass is 28.4. The highest BCUT2D eigenvalue weighted by Gasteiger charge is 2.40. The van der Waals surface area contributed by atoms with E-state index in [-0.39, 0.29) is 10.1 Å². The lowest BCUT2D eigenvalue weighted by molar-refractivity contribution is 0.404. The maximum absolute atomic E-state index is 6.89. The molecule has 0 aromatic heterocycles. The molecule has 0 aliphatic rings. The van der Waals surface area contributed by atoms with Crippen molar-refractivity contribution in [3.8, 4) is 45.6 Å². The molecule has 44 heavy (non-hydrogen) atoms. The first kappa shape index (κ1) is 33.5. The molecule has 0 heterocycles. The zero-order valence-electron chi connectivity index (χ0n) is 29.1. The molecule has 0 amide bonds. The molecule has 0 aliphatic carbocycles. The van der Waals surface area contributed by atoms with Gasteiger partial charge in [-0.25, -0.2) is 0 Å². The van der Waals surface area contributed by atoms with E-state index in [0.717, 1.165) is 55.7 Å². The van der Waals surface area contributed by atoms with Crippen LogP contribution in [-0.4, -0.2) is 45.1 Å². The van der Waals surface area contributed by atoms with E-state index in [2.05, 4.69) is 92.0 Å². The Bertz CT molecular complexity index is 1550. The van der Waals surface area contributed by atoms with Gasteiger partial charge < -0.3 is 27.8 Å². The standard InChI is InChI=1S/C36H50O6Si2/c1-35(2,3)43(11,12)41-27-15-17-29(37-7)33-25(27)19-23(21-31(33)39-9)24-20-26-28(42-44(13,14)36(4,5)6)16-18-30(38-8)34(26)32(22-24)40-10/h15-22H,1-14H3. The second-order valence-electron chi connectivity index (χ2n) is 14.5. The van der Waals surface area contributed by atoms with Crippen LogP contribution in [-0.2, 0) is 0 Å². The minimum absolute atomic E-state index is 0.0340. The average molecular weight is 635 g/mol. The topological polar surface area (TPSA) is 55.4 Å². The van der Waals surface area contributed by atoms with Crippen molar-refractivity contribution < 1.29 is 27.8 Å². The second-order valence-corrected chi connectivity index (χ2v) is 23.9. The second kappa shape index (κ2) is 11.9. The molecule has 0 unspecified atom stereocenters. The molecule has 8 heteroatoms. The van der Waals surface area contributed by atoms with Crippen molar-refractivity contribution in [1.29, 1.82) is 0 Å². The third-order valence-electron chi connectivity index (χ3n) is 9.56. The van der Waals surface area contributed by atoms with Crippen LogP contribution in [0.4, 0.5) is 0 Å². The van der Waals surface area contributed by atoms with Gasteiger partial charge in [0.1, 0.15) is 34.5 Å². The molecule has 6 nitrogen and oxygen atoms in total. The summed E-state index contributed by atoms with van der Waals surface area (Å²) in [6.07, 6.45) is 0. The van der Waals surface area contributed by atoms with Gasteiger partial charge in [-0.05, 0) is 95.9 Å². The van der Waals surface area contributed by atoms with Gasteiger partial charge in [0.05, 0.1) is 39.2 Å². The summed E-state index contributed by atoms with van der Waals surface area (Å²) in [7, 11) is 2.45. The van der Waals surface area contributed by atoms with E-state index in [4.69, 9.17) is 27.8 Å². The summed E-state index contributed by atoms with van der Waals surface area (Å²) in [6.45, 7) is 22.5. The summed E-state index contributed by atoms with van der Waals surface area (Å²) in [5, 5.41) is 3.70. The first-order chi connectivity index (χ1) is 20.4. The summed E-state index contributed by atoms with van der Waals surface area (Å²) in [4.78, 5) is 0. The SMILES string of the molecule is COc1ccc(O[Si](C)(C)C(C)(C)C)c2cc(-c3cc(OC)c4c(OC)ccc(O[Si](C)(C)C(C)(C)C)c4c3)cc(OC)c12. The van der Waals surface area contributed by atoms with Crippen molar-refractivity contribution >= 4 is 38.2 Å². The number of hydrogen-bond donors (Lipinski definition) is 0. The molecule has 0 fully saturated rings. The Morgan fingerprint density at radius 2 is 0.727 bits per heavy atom. The maximum Gasteiger partial charge on any atom is 0.250 e. The van der Waals surface area contributed by atoms with Gasteiger partial charge >= 0.3 is 0 Å². The smallest absolute Gasteiger partial charge is 0.250 e. The highest BCUT2D eigenvalue weighted by molar-refractivity contribution is 6.75. The zero-order chi connectivity index (χ0) is 32.8. The van der Waals surface area contributed by atoms with E-state index < -0.39 is 16.6 Å². The van der Waals surface area contributed by atoms with E-state index in [9.17, 15) is 0 Å². The van der Waals surface area contributed by atoms with Crippen LogP contribution in [0.25, 0.3) is 32.7 Å². The molecule has 4 aromatic rings. The van der Waals surface area contributed by atoms with Crippen LogP contribution in [0.1, 0.15) is 41.5 Å². The van der Waals surface area contributed by atoms with Gasteiger partial charge in [-0.3, -0.25) is 0 Å². The number of rotatable bonds is 9. The molecule has 4 rings (SSSR count). The van der Waals surface area contributed by atoms with Crippen LogP contribution < -0.4 is 27.8 Å². The monoisotopic (exact) mass is 634 g/mol. The molecule has 0 radical (unpaired) electrons. The number of benzene rings is 4. The number of methoxy groups -OCH3 is 4. The molecule has 0 aliphatic heterocycles. The normalized spacial score (nSPS) is 12.8. The van der Waals surface area contributed by atoms with Gasteiger partial charge in [0.25, 0.3) is 16.6 Å². The summed E-state index contributed by atoms with van der Waals surface area (Å²) >= 11 is 0. The van der Waals surface area contributed by atoms with Gasteiger partial charge in [-0.2, -0.15) is 0 Å². The Balaban J connectivity index is 2.05. The summed E-state index contributed by atoms with van der Waals surface area (Å²) in [6, 6.07) is 16.4. The summed E-state index contributed by atoms with van der Waals surface area (Å²) in [5.74, 6) is 4.52. The van der Waals surface area contributed by atoms with E-state index >= 15 is 0 Å². The van der Waals surface area contributed by atoms with Gasteiger partial charge in [-0.15, -0.1) is 0 Å². The van der Waals surface area contributed by atoms with Crippen LogP contribution in [0.15, 0.2) is 48.5 Å². The van der Waals surface area contributed by atoms with Crippen molar-refractivity contribution in [1.82, 2.24) is 0 Å². The van der Waals surface area contributed by atoms with Crippen LogP contribution in [0.3, 0.4) is 0 Å². The molecular weight excluding hydrogens is 585 g/mol. The molecule has 0 saturated heterocycles. The molecule has 4 aromatic carbocycles. The van der Waals surface area contributed by atoms with Crippen molar-refractivity contribution in [2.45, 2.75) is 77.8 Å². The Kier molecular flexibility index (Phi) is 9.03. The lowest BCUT2D eigenvalue weighted by atomic mass is 9.96. The Labute approximate surface area is 265 Å². The molecule has 0 spiro atoms. The minimum Gasteiger partial charge on any atom is -0.543 e. The molecule has 0 saturated carbocycles. The van der Waals surface area contributed by atoms with Crippen LogP contribution in [0.2, 0.25) is 36.3 Å². The Morgan fingerprint density at radius 1 is 0.432 bits per heavy atom. The first-order valence-electron chi connectivity index (χ1n) is 15.1. The van der Waals surface area contributed by atoms with Crippen molar-refractivity contribution in [3.05, 3.63) is 48.5 Å². The third kappa shape index (κ3) is 6.11. The van der Waals surface area contributed by atoms with E-state index in [1.165, 1.54) is 0 Å². The predicted octanol–water partition coefficient (Wildman–Crippen LogP) is 10.5. The lowest BCUT2D eigenvalue weighted by Crippen LogP contribution is -2.43. The van der Waals surface area contributed by atoms with Crippen molar-refractivity contribution in [3.63, 3.8) is 0 Å². The predicted molar refractivity (Wildman–Crippen MR) is 189 cm³/mol. The fraction of sp³-hybridized carbons (Fsp3) is 0.444. The van der Waals surface area contributed by atoms with Gasteiger partial charge in [0, 0.05) is 10.8 Å². The fourth-order valence-electron chi connectivity index (χ4n) is 4.81. The summed E-state index contributed by atoms with van der Waals surface area (Å²) in [5.41, 5.74) is 1.92. The molecule has 0 bridgehead atoms. The van der Waals surface area contributed by atoms with E-state index in [0.29, 0.717) is 11.5 Å². The summed E-state index contributed by atoms with van der Waals surface area (Å²) < 4.78 is 37.4. The van der Waals surface area contributed by atoms with Crippen LogP contribution in [0.5, 0.6) is 34.5 Å². The molecular formula is C36H50O6Si2. The van der Waals surface area contributed by atoms with E-state index in [1.54, 1.807) is 28.4 Å². The Hall–Kier alpha value is -3.37. The molecule has 0 atom stereocenters. The highest BCUT2D eigenvalue weighted by Crippen LogP contribution is 2.48. The molecule has 238 valence electrons. The van der Waals surface area contributed by atoms with E-state index in [1.807, 2.05) is 24.3 Å². The van der Waals surface area contributed by atoms with Crippen LogP contribution in [0, 0.1) is 0 Å². The van der Waals surface area contributed by atoms with Gasteiger partial charge in [0.2, 0.25) is 0 Å². The van der Waals surface area contributed by atoms with Crippen molar-refractivity contribution in [2.24, 2.45) is 0 Å². The lowest BCUT2D eigenvalue weighted by Gasteiger charge is -2.37. The zero-order valence-corrected chi connectivity index (χ0v) is 31.1. The van der Waals surface area contributed by atoms with Crippen LogP contribution >= 0.6 is 0 Å². The fourth-order valence-corrected chi connectivity index (χ4v) is 6.87. The molecule has 0 N–H and O–H groups in total. The Morgan fingerprint density at radius 3 is 1.00 bits per heavy atom. The number of hydrogen-bond acceptors (Lipinski definition) is 6. The maximum atomic E-state index is 6.89. The largest absolute Gasteiger partial charge is 0.543 e. The minimum atomic E-state index is -2.15. The van der Waals surface area contributed by atoms with Gasteiger partial charge in [-0.1, -0.05) is 41.5 Å². The first-order valence-corrected chi connectivity index (χ1v) is 21.0. The number of fused-ring (bicyclic) bond motifs is 2. The quantitative estimate of drug-likeness (QED) is 0.171. The number of ether oxygens (including phenoxy) is 4. The average Bonchev–Trinajstić information content (AvgIpc) is 2.94. The van der Waals surface area contributed by atoms with Gasteiger partial charge in [0.15, 0.2) is 0 Å².